The number of morpholine rings is 1. The van der Waals surface area contributed by atoms with Gasteiger partial charge in [-0.3, -0.25) is 4.79 Å². The lowest BCUT2D eigenvalue weighted by Crippen LogP contribution is -2.48. The fraction of sp³-hybridized carbons (Fsp3) is 0.364. The third-order valence-electron chi connectivity index (χ3n) is 5.29. The molecule has 1 aromatic heterocycles. The molecule has 0 saturated carbocycles. The van der Waals surface area contributed by atoms with Crippen molar-refractivity contribution in [3.05, 3.63) is 58.4 Å². The van der Waals surface area contributed by atoms with Crippen molar-refractivity contribution in [2.45, 2.75) is 37.9 Å². The highest BCUT2D eigenvalue weighted by Gasteiger charge is 2.32. The van der Waals surface area contributed by atoms with Crippen molar-refractivity contribution < 1.29 is 17.9 Å². The quantitative estimate of drug-likeness (QED) is 0.603. The predicted molar refractivity (Wildman–Crippen MR) is 121 cm³/mol. The van der Waals surface area contributed by atoms with Gasteiger partial charge in [0.15, 0.2) is 4.80 Å². The van der Waals surface area contributed by atoms with Gasteiger partial charge in [0.1, 0.15) is 0 Å². The Labute approximate surface area is 185 Å². The van der Waals surface area contributed by atoms with Crippen LogP contribution < -0.4 is 4.80 Å². The summed E-state index contributed by atoms with van der Waals surface area (Å²) in [5, 5.41) is 0. The van der Waals surface area contributed by atoms with Crippen LogP contribution >= 0.6 is 11.3 Å². The molecule has 31 heavy (non-hydrogen) atoms. The number of sulfonamides is 1. The molecular formula is C22H25N3O4S2. The normalized spacial score (nSPS) is 21.0. The second kappa shape index (κ2) is 8.31. The van der Waals surface area contributed by atoms with Gasteiger partial charge in [0.05, 0.1) is 27.3 Å². The Bertz CT molecular complexity index is 1300. The van der Waals surface area contributed by atoms with Crippen LogP contribution in [0.4, 0.5) is 0 Å². The standard InChI is InChI=1S/C22H25N3O4S2/c1-14-5-10-19-20(11-14)30-22(24(19)4)23-21(26)17-6-8-18(9-7-17)31(27,28)25-12-15(2)29-16(3)13-25/h5-11,15-16H,12-13H2,1-4H3/t15-,16+. The van der Waals surface area contributed by atoms with Gasteiger partial charge in [-0.15, -0.1) is 0 Å². The summed E-state index contributed by atoms with van der Waals surface area (Å²) in [5.74, 6) is -0.406. The molecule has 2 heterocycles. The predicted octanol–water partition coefficient (Wildman–Crippen LogP) is 3.09. The van der Waals surface area contributed by atoms with Crippen LogP contribution in [0.1, 0.15) is 29.8 Å². The zero-order valence-electron chi connectivity index (χ0n) is 17.9. The topological polar surface area (TPSA) is 81.0 Å². The first-order chi connectivity index (χ1) is 14.6. The summed E-state index contributed by atoms with van der Waals surface area (Å²) in [6, 6.07) is 12.1. The molecule has 1 amide bonds. The molecular weight excluding hydrogens is 434 g/mol. The molecule has 1 aliphatic heterocycles. The molecule has 1 fully saturated rings. The van der Waals surface area contributed by atoms with Gasteiger partial charge in [-0.25, -0.2) is 8.42 Å². The number of ether oxygens (including phenoxy) is 1. The lowest BCUT2D eigenvalue weighted by atomic mass is 10.2. The number of nitrogens with zero attached hydrogens (tertiary/aromatic N) is 3. The van der Waals surface area contributed by atoms with Crippen LogP contribution in [0.5, 0.6) is 0 Å². The van der Waals surface area contributed by atoms with Gasteiger partial charge in [-0.05, 0) is 62.7 Å². The summed E-state index contributed by atoms with van der Waals surface area (Å²) in [5.41, 5.74) is 2.50. The number of carbonyl (C=O) groups is 1. The summed E-state index contributed by atoms with van der Waals surface area (Å²) in [7, 11) is -1.77. The first-order valence-electron chi connectivity index (χ1n) is 10.1. The molecule has 0 N–H and O–H groups in total. The number of carbonyl (C=O) groups excluding carboxylic acids is 1. The van der Waals surface area contributed by atoms with Crippen molar-refractivity contribution in [3.63, 3.8) is 0 Å². The number of benzene rings is 2. The van der Waals surface area contributed by atoms with Crippen LogP contribution in [0.3, 0.4) is 0 Å². The van der Waals surface area contributed by atoms with Crippen molar-refractivity contribution in [1.29, 1.82) is 0 Å². The molecule has 1 aliphatic rings. The summed E-state index contributed by atoms with van der Waals surface area (Å²) >= 11 is 1.45. The monoisotopic (exact) mass is 459 g/mol. The van der Waals surface area contributed by atoms with E-state index in [1.807, 2.05) is 44.5 Å². The van der Waals surface area contributed by atoms with Gasteiger partial charge < -0.3 is 9.30 Å². The third-order valence-corrected chi connectivity index (χ3v) is 8.23. The zero-order valence-corrected chi connectivity index (χ0v) is 19.5. The van der Waals surface area contributed by atoms with E-state index in [-0.39, 0.29) is 17.1 Å². The summed E-state index contributed by atoms with van der Waals surface area (Å²) in [4.78, 5) is 17.7. The number of aryl methyl sites for hydroxylation is 2. The molecule has 4 rings (SSSR count). The molecule has 0 bridgehead atoms. The third kappa shape index (κ3) is 4.36. The molecule has 0 unspecified atom stereocenters. The number of aromatic nitrogens is 1. The van der Waals surface area contributed by atoms with Crippen LogP contribution in [0.25, 0.3) is 10.2 Å². The van der Waals surface area contributed by atoms with Gasteiger partial charge in [0.25, 0.3) is 5.91 Å². The van der Waals surface area contributed by atoms with Crippen LogP contribution in [0.15, 0.2) is 52.4 Å². The van der Waals surface area contributed by atoms with E-state index < -0.39 is 15.9 Å². The molecule has 1 saturated heterocycles. The second-order valence-electron chi connectivity index (χ2n) is 7.94. The Hall–Kier alpha value is -2.33. The Balaban J connectivity index is 1.60. The lowest BCUT2D eigenvalue weighted by Gasteiger charge is -2.34. The largest absolute Gasteiger partial charge is 0.373 e. The van der Waals surface area contributed by atoms with Crippen LogP contribution in [-0.4, -0.2) is 48.5 Å². The minimum absolute atomic E-state index is 0.160. The number of rotatable bonds is 3. The van der Waals surface area contributed by atoms with E-state index in [4.69, 9.17) is 4.74 Å². The Morgan fingerprint density at radius 1 is 1.10 bits per heavy atom. The maximum atomic E-state index is 13.0. The lowest BCUT2D eigenvalue weighted by molar-refractivity contribution is -0.0440. The van der Waals surface area contributed by atoms with Gasteiger partial charge >= 0.3 is 0 Å². The smallest absolute Gasteiger partial charge is 0.279 e. The molecule has 0 spiro atoms. The second-order valence-corrected chi connectivity index (χ2v) is 10.9. The summed E-state index contributed by atoms with van der Waals surface area (Å²) < 4.78 is 36.0. The first-order valence-corrected chi connectivity index (χ1v) is 12.3. The van der Waals surface area contributed by atoms with Gasteiger partial charge in [0.2, 0.25) is 10.0 Å². The van der Waals surface area contributed by atoms with Crippen LogP contribution in [0, 0.1) is 6.92 Å². The average Bonchev–Trinajstić information content (AvgIpc) is 3.01. The molecule has 9 heteroatoms. The zero-order chi connectivity index (χ0) is 22.3. The fourth-order valence-corrected chi connectivity index (χ4v) is 6.45. The van der Waals surface area contributed by atoms with E-state index in [9.17, 15) is 13.2 Å². The van der Waals surface area contributed by atoms with Crippen molar-refractivity contribution in [2.75, 3.05) is 13.1 Å². The van der Waals surface area contributed by atoms with E-state index in [2.05, 4.69) is 11.1 Å². The average molecular weight is 460 g/mol. The number of hydrogen-bond acceptors (Lipinski definition) is 5. The first kappa shape index (κ1) is 21.9. The summed E-state index contributed by atoms with van der Waals surface area (Å²) in [6.45, 7) is 6.36. The van der Waals surface area contributed by atoms with Gasteiger partial charge in [0, 0.05) is 25.7 Å². The Morgan fingerprint density at radius 3 is 2.39 bits per heavy atom. The van der Waals surface area contributed by atoms with Crippen molar-refractivity contribution in [2.24, 2.45) is 12.0 Å². The van der Waals surface area contributed by atoms with E-state index >= 15 is 0 Å². The van der Waals surface area contributed by atoms with E-state index in [0.29, 0.717) is 23.5 Å². The van der Waals surface area contributed by atoms with Crippen LogP contribution in [0.2, 0.25) is 0 Å². The molecule has 0 radical (unpaired) electrons. The minimum Gasteiger partial charge on any atom is -0.373 e. The number of thiazole rings is 1. The number of hydrogen-bond donors (Lipinski definition) is 0. The van der Waals surface area contributed by atoms with Gasteiger partial charge in [-0.1, -0.05) is 17.4 Å². The maximum Gasteiger partial charge on any atom is 0.279 e. The SMILES string of the molecule is Cc1ccc2c(c1)sc(=NC(=O)c1ccc(S(=O)(=O)N3C[C@@H](C)O[C@@H](C)C3)cc1)n2C. The molecule has 2 aromatic carbocycles. The molecule has 164 valence electrons. The number of fused-ring (bicyclic) bond motifs is 1. The van der Waals surface area contributed by atoms with E-state index in [1.165, 1.54) is 39.9 Å². The maximum absolute atomic E-state index is 13.0. The van der Waals surface area contributed by atoms with Crippen molar-refractivity contribution >= 4 is 37.5 Å². The Morgan fingerprint density at radius 2 is 1.74 bits per heavy atom. The molecule has 3 aromatic rings. The van der Waals surface area contributed by atoms with E-state index in [0.717, 1.165) is 15.8 Å². The molecule has 0 aliphatic carbocycles. The van der Waals surface area contributed by atoms with Gasteiger partial charge in [-0.2, -0.15) is 9.30 Å². The Kier molecular flexibility index (Phi) is 5.87. The highest BCUT2D eigenvalue weighted by molar-refractivity contribution is 7.89. The van der Waals surface area contributed by atoms with E-state index in [1.54, 1.807) is 0 Å². The molecule has 2 atom stereocenters. The fourth-order valence-electron chi connectivity index (χ4n) is 3.74. The molecule has 7 nitrogen and oxygen atoms in total. The van der Waals surface area contributed by atoms with Crippen LogP contribution in [-0.2, 0) is 21.8 Å². The number of amides is 1. The highest BCUT2D eigenvalue weighted by Crippen LogP contribution is 2.22. The van der Waals surface area contributed by atoms with Crippen molar-refractivity contribution in [1.82, 2.24) is 8.87 Å². The summed E-state index contributed by atoms with van der Waals surface area (Å²) in [6.07, 6.45) is -0.326. The van der Waals surface area contributed by atoms with Crippen molar-refractivity contribution in [3.8, 4) is 0 Å². The minimum atomic E-state index is -3.65. The highest BCUT2D eigenvalue weighted by atomic mass is 32.2.